The smallest absolute Gasteiger partial charge is 0.315 e. The van der Waals surface area contributed by atoms with E-state index in [4.69, 9.17) is 4.74 Å². The zero-order valence-corrected chi connectivity index (χ0v) is 18.9. The number of carbonyl (C=O) groups excluding carboxylic acids is 2. The lowest BCUT2D eigenvalue weighted by atomic mass is 9.86. The van der Waals surface area contributed by atoms with Crippen molar-refractivity contribution in [3.63, 3.8) is 0 Å². The Labute approximate surface area is 185 Å². The largest absolute Gasteiger partial charge is 0.497 e. The summed E-state index contributed by atoms with van der Waals surface area (Å²) in [4.78, 5) is 27.1. The molecule has 6 nitrogen and oxygen atoms in total. The lowest BCUT2D eigenvalue weighted by molar-refractivity contribution is 0.0708. The van der Waals surface area contributed by atoms with Crippen LogP contribution in [-0.4, -0.2) is 43.1 Å². The third kappa shape index (κ3) is 6.23. The number of methoxy groups -OCH3 is 1. The first-order valence-electron chi connectivity index (χ1n) is 10.8. The van der Waals surface area contributed by atoms with Gasteiger partial charge in [0.25, 0.3) is 5.91 Å². The van der Waals surface area contributed by atoms with Crippen LogP contribution in [0.2, 0.25) is 0 Å². The first-order valence-corrected chi connectivity index (χ1v) is 10.8. The van der Waals surface area contributed by atoms with Crippen LogP contribution in [0.1, 0.15) is 55.1 Å². The minimum atomic E-state index is -0.182. The molecule has 1 heterocycles. The monoisotopic (exact) mass is 423 g/mol. The van der Waals surface area contributed by atoms with Crippen molar-refractivity contribution in [2.45, 2.75) is 51.6 Å². The zero-order valence-electron chi connectivity index (χ0n) is 18.9. The lowest BCUT2D eigenvalue weighted by Crippen LogP contribution is -2.49. The first-order chi connectivity index (χ1) is 14.8. The highest BCUT2D eigenvalue weighted by molar-refractivity contribution is 5.94. The highest BCUT2D eigenvalue weighted by Gasteiger charge is 2.25. The number of ether oxygens (including phenoxy) is 1. The summed E-state index contributed by atoms with van der Waals surface area (Å²) in [5, 5.41) is 5.92. The van der Waals surface area contributed by atoms with Crippen molar-refractivity contribution in [2.24, 2.45) is 0 Å². The van der Waals surface area contributed by atoms with Crippen LogP contribution in [-0.2, 0) is 12.0 Å². The molecule has 1 aliphatic heterocycles. The van der Waals surface area contributed by atoms with Gasteiger partial charge in [-0.15, -0.1) is 0 Å². The molecule has 3 amide bonds. The summed E-state index contributed by atoms with van der Waals surface area (Å²) in [7, 11) is 1.63. The number of likely N-dealkylation sites (tertiary alicyclic amines) is 1. The minimum absolute atomic E-state index is 0.00633. The molecule has 1 aliphatic rings. The second-order valence-electron chi connectivity index (χ2n) is 9.07. The van der Waals surface area contributed by atoms with Gasteiger partial charge in [0.15, 0.2) is 0 Å². The van der Waals surface area contributed by atoms with E-state index in [1.807, 2.05) is 47.4 Å². The number of hydrogen-bond donors (Lipinski definition) is 2. The molecule has 2 aromatic rings. The molecule has 0 bridgehead atoms. The Hall–Kier alpha value is -3.02. The molecule has 0 unspecified atom stereocenters. The van der Waals surface area contributed by atoms with E-state index >= 15 is 0 Å². The maximum Gasteiger partial charge on any atom is 0.315 e. The van der Waals surface area contributed by atoms with Crippen LogP contribution < -0.4 is 15.4 Å². The second kappa shape index (κ2) is 9.86. The van der Waals surface area contributed by atoms with E-state index in [1.165, 1.54) is 0 Å². The Morgan fingerprint density at radius 3 is 2.35 bits per heavy atom. The van der Waals surface area contributed by atoms with Gasteiger partial charge in [-0.25, -0.2) is 4.79 Å². The zero-order chi connectivity index (χ0) is 22.4. The quantitative estimate of drug-likeness (QED) is 0.761. The van der Waals surface area contributed by atoms with E-state index in [9.17, 15) is 9.59 Å². The summed E-state index contributed by atoms with van der Waals surface area (Å²) in [6.45, 7) is 8.18. The molecular weight excluding hydrogens is 390 g/mol. The average molecular weight is 424 g/mol. The summed E-state index contributed by atoms with van der Waals surface area (Å²) in [5.41, 5.74) is 2.90. The van der Waals surface area contributed by atoms with Crippen molar-refractivity contribution in [1.82, 2.24) is 15.5 Å². The second-order valence-corrected chi connectivity index (χ2v) is 9.07. The summed E-state index contributed by atoms with van der Waals surface area (Å²) < 4.78 is 5.14. The molecule has 0 atom stereocenters. The van der Waals surface area contributed by atoms with Gasteiger partial charge < -0.3 is 20.3 Å². The van der Waals surface area contributed by atoms with Gasteiger partial charge in [0.05, 0.1) is 7.11 Å². The fraction of sp³-hybridized carbons (Fsp3) is 0.440. The molecule has 0 aliphatic carbocycles. The van der Waals surface area contributed by atoms with E-state index in [2.05, 4.69) is 37.5 Å². The highest BCUT2D eigenvalue weighted by Crippen LogP contribution is 2.24. The maximum atomic E-state index is 12.9. The van der Waals surface area contributed by atoms with Crippen molar-refractivity contribution in [2.75, 3.05) is 20.2 Å². The number of benzene rings is 2. The van der Waals surface area contributed by atoms with Gasteiger partial charge in [0, 0.05) is 31.2 Å². The van der Waals surface area contributed by atoms with Crippen LogP contribution in [0.15, 0.2) is 48.5 Å². The predicted molar refractivity (Wildman–Crippen MR) is 122 cm³/mol. The Balaban J connectivity index is 1.45. The van der Waals surface area contributed by atoms with Crippen LogP contribution in [0.4, 0.5) is 4.79 Å². The molecule has 1 saturated heterocycles. The molecule has 0 spiro atoms. The number of nitrogens with zero attached hydrogens (tertiary/aromatic N) is 1. The molecule has 0 saturated carbocycles. The number of rotatable bonds is 5. The molecule has 0 aromatic heterocycles. The van der Waals surface area contributed by atoms with Gasteiger partial charge in [-0.1, -0.05) is 45.0 Å². The summed E-state index contributed by atoms with van der Waals surface area (Å²) in [5.74, 6) is 0.855. The van der Waals surface area contributed by atoms with Crippen molar-refractivity contribution < 1.29 is 14.3 Å². The summed E-state index contributed by atoms with van der Waals surface area (Å²) in [6.07, 6.45) is 1.50. The topological polar surface area (TPSA) is 70.7 Å². The molecule has 166 valence electrons. The van der Waals surface area contributed by atoms with Crippen LogP contribution in [0, 0.1) is 0 Å². The van der Waals surface area contributed by atoms with Crippen molar-refractivity contribution in [3.8, 4) is 5.75 Å². The molecular formula is C25H33N3O3. The third-order valence-electron chi connectivity index (χ3n) is 5.71. The van der Waals surface area contributed by atoms with E-state index in [0.717, 1.165) is 35.3 Å². The van der Waals surface area contributed by atoms with Gasteiger partial charge >= 0.3 is 6.03 Å². The van der Waals surface area contributed by atoms with E-state index in [0.29, 0.717) is 19.6 Å². The molecule has 3 rings (SSSR count). The predicted octanol–water partition coefficient (Wildman–Crippen LogP) is 4.10. The normalized spacial score (nSPS) is 14.8. The number of hydrogen-bond acceptors (Lipinski definition) is 3. The van der Waals surface area contributed by atoms with Gasteiger partial charge in [-0.3, -0.25) is 4.79 Å². The Morgan fingerprint density at radius 1 is 1.06 bits per heavy atom. The fourth-order valence-electron chi connectivity index (χ4n) is 3.69. The highest BCUT2D eigenvalue weighted by atomic mass is 16.5. The Bertz CT molecular complexity index is 895. The molecule has 6 heteroatoms. The SMILES string of the molecule is COc1ccc(CNC(=O)NC2CCN(C(=O)c3cccc(C(C)(C)C)c3)CC2)cc1. The van der Waals surface area contributed by atoms with Gasteiger partial charge in [0.1, 0.15) is 5.75 Å². The number of carbonyl (C=O) groups is 2. The van der Waals surface area contributed by atoms with Crippen molar-refractivity contribution in [1.29, 1.82) is 0 Å². The molecule has 31 heavy (non-hydrogen) atoms. The molecule has 2 aromatic carbocycles. The van der Waals surface area contributed by atoms with Gasteiger partial charge in [0.2, 0.25) is 0 Å². The van der Waals surface area contributed by atoms with Crippen molar-refractivity contribution >= 4 is 11.9 Å². The third-order valence-corrected chi connectivity index (χ3v) is 5.71. The Kier molecular flexibility index (Phi) is 7.21. The number of piperidine rings is 1. The average Bonchev–Trinajstić information content (AvgIpc) is 2.77. The van der Waals surface area contributed by atoms with Crippen LogP contribution in [0.25, 0.3) is 0 Å². The van der Waals surface area contributed by atoms with Crippen LogP contribution >= 0.6 is 0 Å². The maximum absolute atomic E-state index is 12.9. The first kappa shape index (κ1) is 22.7. The standard InChI is InChI=1S/C25H33N3O3/c1-25(2,3)20-7-5-6-19(16-20)23(29)28-14-12-21(13-15-28)27-24(30)26-17-18-8-10-22(31-4)11-9-18/h5-11,16,21H,12-15,17H2,1-4H3,(H2,26,27,30). The Morgan fingerprint density at radius 2 is 1.74 bits per heavy atom. The van der Waals surface area contributed by atoms with Gasteiger partial charge in [-0.05, 0) is 53.6 Å². The van der Waals surface area contributed by atoms with Gasteiger partial charge in [-0.2, -0.15) is 0 Å². The van der Waals surface area contributed by atoms with E-state index < -0.39 is 0 Å². The number of urea groups is 1. The lowest BCUT2D eigenvalue weighted by Gasteiger charge is -2.32. The van der Waals surface area contributed by atoms with E-state index in [1.54, 1.807) is 7.11 Å². The summed E-state index contributed by atoms with van der Waals surface area (Å²) in [6, 6.07) is 15.4. The number of nitrogens with one attached hydrogen (secondary N) is 2. The molecule has 1 fully saturated rings. The van der Waals surface area contributed by atoms with E-state index in [-0.39, 0.29) is 23.4 Å². The van der Waals surface area contributed by atoms with Crippen molar-refractivity contribution in [3.05, 3.63) is 65.2 Å². The van der Waals surface area contributed by atoms with Crippen LogP contribution in [0.5, 0.6) is 5.75 Å². The minimum Gasteiger partial charge on any atom is -0.497 e. The van der Waals surface area contributed by atoms with Crippen LogP contribution in [0.3, 0.4) is 0 Å². The molecule has 2 N–H and O–H groups in total. The number of amides is 3. The summed E-state index contributed by atoms with van der Waals surface area (Å²) >= 11 is 0. The molecule has 0 radical (unpaired) electrons. The fourth-order valence-corrected chi connectivity index (χ4v) is 3.69.